The van der Waals surface area contributed by atoms with Crippen LogP contribution in [0.5, 0.6) is 5.75 Å². The summed E-state index contributed by atoms with van der Waals surface area (Å²) >= 11 is 0. The highest BCUT2D eigenvalue weighted by molar-refractivity contribution is 5.42. The third kappa shape index (κ3) is 2.63. The SMILES string of the molecule is CCc1ccc2c(c1)C(CCO)CC(C)(C)O2. The molecule has 0 aliphatic carbocycles. The van der Waals surface area contributed by atoms with E-state index in [1.165, 1.54) is 11.1 Å². The zero-order valence-electron chi connectivity index (χ0n) is 11.0. The van der Waals surface area contributed by atoms with E-state index in [1.54, 1.807) is 0 Å². The maximum absolute atomic E-state index is 9.20. The van der Waals surface area contributed by atoms with Gasteiger partial charge >= 0.3 is 0 Å². The molecule has 0 radical (unpaired) electrons. The summed E-state index contributed by atoms with van der Waals surface area (Å²) in [4.78, 5) is 0. The van der Waals surface area contributed by atoms with Gasteiger partial charge < -0.3 is 9.84 Å². The van der Waals surface area contributed by atoms with Gasteiger partial charge in [-0.2, -0.15) is 0 Å². The number of aliphatic hydroxyl groups is 1. The Labute approximate surface area is 104 Å². The molecule has 1 unspecified atom stereocenters. The Morgan fingerprint density at radius 2 is 2.18 bits per heavy atom. The number of hydrogen-bond acceptors (Lipinski definition) is 2. The molecule has 0 saturated carbocycles. The average molecular weight is 234 g/mol. The average Bonchev–Trinajstić information content (AvgIpc) is 2.27. The van der Waals surface area contributed by atoms with Gasteiger partial charge in [0.1, 0.15) is 11.4 Å². The summed E-state index contributed by atoms with van der Waals surface area (Å²) in [6.07, 6.45) is 2.85. The van der Waals surface area contributed by atoms with Gasteiger partial charge in [-0.1, -0.05) is 19.1 Å². The summed E-state index contributed by atoms with van der Waals surface area (Å²) < 4.78 is 6.01. The molecule has 17 heavy (non-hydrogen) atoms. The van der Waals surface area contributed by atoms with Crippen molar-refractivity contribution in [1.29, 1.82) is 0 Å². The number of fused-ring (bicyclic) bond motifs is 1. The van der Waals surface area contributed by atoms with E-state index in [-0.39, 0.29) is 12.2 Å². The smallest absolute Gasteiger partial charge is 0.123 e. The molecule has 0 fully saturated rings. The normalized spacial score (nSPS) is 21.8. The predicted octanol–water partition coefficient (Wildman–Crippen LogP) is 3.28. The standard InChI is InChI=1S/C15H22O2/c1-4-11-5-6-14-13(9-11)12(7-8-16)10-15(2,3)17-14/h5-6,9,12,16H,4,7-8,10H2,1-3H3. The fourth-order valence-electron chi connectivity index (χ4n) is 2.69. The number of ether oxygens (including phenoxy) is 1. The fraction of sp³-hybridized carbons (Fsp3) is 0.600. The lowest BCUT2D eigenvalue weighted by Gasteiger charge is -2.37. The van der Waals surface area contributed by atoms with E-state index in [9.17, 15) is 5.11 Å². The molecule has 1 N–H and O–H groups in total. The highest BCUT2D eigenvalue weighted by atomic mass is 16.5. The summed E-state index contributed by atoms with van der Waals surface area (Å²) in [6.45, 7) is 6.65. The minimum atomic E-state index is -0.124. The molecule has 1 aromatic carbocycles. The Kier molecular flexibility index (Phi) is 3.43. The summed E-state index contributed by atoms with van der Waals surface area (Å²) in [6, 6.07) is 6.46. The van der Waals surface area contributed by atoms with Gasteiger partial charge in [0.25, 0.3) is 0 Å². The molecule has 1 heterocycles. The Bertz CT molecular complexity index is 396. The third-order valence-corrected chi connectivity index (χ3v) is 3.52. The van der Waals surface area contributed by atoms with Gasteiger partial charge in [-0.05, 0) is 56.2 Å². The lowest BCUT2D eigenvalue weighted by Crippen LogP contribution is -2.35. The number of aliphatic hydroxyl groups excluding tert-OH is 1. The first-order valence-corrected chi connectivity index (χ1v) is 6.48. The van der Waals surface area contributed by atoms with Gasteiger partial charge in [0.05, 0.1) is 0 Å². The van der Waals surface area contributed by atoms with Gasteiger partial charge in [-0.15, -0.1) is 0 Å². The van der Waals surface area contributed by atoms with Crippen LogP contribution in [0.3, 0.4) is 0 Å². The molecule has 1 aliphatic heterocycles. The van der Waals surface area contributed by atoms with Crippen LogP contribution in [0, 0.1) is 0 Å². The largest absolute Gasteiger partial charge is 0.488 e. The second-order valence-electron chi connectivity index (χ2n) is 5.50. The Morgan fingerprint density at radius 3 is 2.82 bits per heavy atom. The van der Waals surface area contributed by atoms with Crippen molar-refractivity contribution in [3.63, 3.8) is 0 Å². The van der Waals surface area contributed by atoms with Crippen LogP contribution in [0.25, 0.3) is 0 Å². The van der Waals surface area contributed by atoms with Crippen molar-refractivity contribution in [3.05, 3.63) is 29.3 Å². The van der Waals surface area contributed by atoms with Crippen LogP contribution >= 0.6 is 0 Å². The molecule has 0 bridgehead atoms. The van der Waals surface area contributed by atoms with Gasteiger partial charge in [0.2, 0.25) is 0 Å². The number of rotatable bonds is 3. The second-order valence-corrected chi connectivity index (χ2v) is 5.50. The number of benzene rings is 1. The lowest BCUT2D eigenvalue weighted by molar-refractivity contribution is 0.0671. The van der Waals surface area contributed by atoms with Crippen LogP contribution in [-0.4, -0.2) is 17.3 Å². The molecule has 0 aromatic heterocycles. The van der Waals surface area contributed by atoms with Crippen molar-refractivity contribution in [1.82, 2.24) is 0 Å². The minimum Gasteiger partial charge on any atom is -0.488 e. The molecule has 2 nitrogen and oxygen atoms in total. The van der Waals surface area contributed by atoms with Gasteiger partial charge in [-0.3, -0.25) is 0 Å². The first-order chi connectivity index (χ1) is 8.05. The van der Waals surface area contributed by atoms with Crippen LogP contribution in [0.4, 0.5) is 0 Å². The Hall–Kier alpha value is -1.02. The van der Waals surface area contributed by atoms with Crippen LogP contribution in [0.1, 0.15) is 50.7 Å². The summed E-state index contributed by atoms with van der Waals surface area (Å²) in [5.74, 6) is 1.42. The van der Waals surface area contributed by atoms with Gasteiger partial charge in [-0.25, -0.2) is 0 Å². The highest BCUT2D eigenvalue weighted by Crippen LogP contribution is 2.42. The maximum atomic E-state index is 9.20. The first-order valence-electron chi connectivity index (χ1n) is 6.48. The van der Waals surface area contributed by atoms with Gasteiger partial charge in [0, 0.05) is 6.61 Å². The topological polar surface area (TPSA) is 29.5 Å². The summed E-state index contributed by atoms with van der Waals surface area (Å²) in [7, 11) is 0. The Morgan fingerprint density at radius 1 is 1.41 bits per heavy atom. The molecule has 0 spiro atoms. The molecule has 0 saturated heterocycles. The molecular weight excluding hydrogens is 212 g/mol. The van der Waals surface area contributed by atoms with Crippen molar-refractivity contribution in [2.45, 2.75) is 51.6 Å². The monoisotopic (exact) mass is 234 g/mol. The summed E-state index contributed by atoms with van der Waals surface area (Å²) in [5.41, 5.74) is 2.49. The highest BCUT2D eigenvalue weighted by Gasteiger charge is 2.33. The van der Waals surface area contributed by atoms with Gasteiger partial charge in [0.15, 0.2) is 0 Å². The van der Waals surface area contributed by atoms with Crippen molar-refractivity contribution in [2.75, 3.05) is 6.61 Å². The molecule has 94 valence electrons. The van der Waals surface area contributed by atoms with E-state index in [0.717, 1.165) is 25.0 Å². The lowest BCUT2D eigenvalue weighted by atomic mass is 9.82. The zero-order valence-corrected chi connectivity index (χ0v) is 11.0. The summed E-state index contributed by atoms with van der Waals surface area (Å²) in [5, 5.41) is 9.20. The van der Waals surface area contributed by atoms with Crippen LogP contribution in [0.15, 0.2) is 18.2 Å². The van der Waals surface area contributed by atoms with E-state index in [4.69, 9.17) is 4.74 Å². The van der Waals surface area contributed by atoms with Crippen LogP contribution < -0.4 is 4.74 Å². The van der Waals surface area contributed by atoms with E-state index >= 15 is 0 Å². The molecule has 1 atom stereocenters. The minimum absolute atomic E-state index is 0.124. The second kappa shape index (κ2) is 4.69. The first kappa shape index (κ1) is 12.4. The predicted molar refractivity (Wildman–Crippen MR) is 69.6 cm³/mol. The van der Waals surface area contributed by atoms with Crippen LogP contribution in [-0.2, 0) is 6.42 Å². The van der Waals surface area contributed by atoms with Crippen molar-refractivity contribution in [2.24, 2.45) is 0 Å². The molecule has 1 aliphatic rings. The molecular formula is C15H22O2. The third-order valence-electron chi connectivity index (χ3n) is 3.52. The maximum Gasteiger partial charge on any atom is 0.123 e. The quantitative estimate of drug-likeness (QED) is 0.869. The molecule has 2 rings (SSSR count). The van der Waals surface area contributed by atoms with Crippen molar-refractivity contribution in [3.8, 4) is 5.75 Å². The van der Waals surface area contributed by atoms with Crippen LogP contribution in [0.2, 0.25) is 0 Å². The van der Waals surface area contributed by atoms with Crippen molar-refractivity contribution < 1.29 is 9.84 Å². The number of hydrogen-bond donors (Lipinski definition) is 1. The zero-order chi connectivity index (χ0) is 12.5. The molecule has 1 aromatic rings. The Balaban J connectivity index is 2.38. The van der Waals surface area contributed by atoms with E-state index in [0.29, 0.717) is 5.92 Å². The van der Waals surface area contributed by atoms with Crippen molar-refractivity contribution >= 4 is 0 Å². The fourth-order valence-corrected chi connectivity index (χ4v) is 2.69. The molecule has 0 amide bonds. The molecule has 2 heteroatoms. The van der Waals surface area contributed by atoms with E-state index < -0.39 is 0 Å². The van der Waals surface area contributed by atoms with E-state index in [1.807, 2.05) is 0 Å². The number of aryl methyl sites for hydroxylation is 1. The van der Waals surface area contributed by atoms with E-state index in [2.05, 4.69) is 39.0 Å².